The monoisotopic (exact) mass is 428 g/mol. The highest BCUT2D eigenvalue weighted by Crippen LogP contribution is 2.43. The largest absolute Gasteiger partial charge is 0.394 e. The molecule has 4 rings (SSSR count). The minimum absolute atomic E-state index is 0.159. The number of piperazine rings is 1. The second-order valence-corrected chi connectivity index (χ2v) is 9.56. The van der Waals surface area contributed by atoms with Crippen molar-refractivity contribution >= 4 is 15.9 Å². The standard InChI is InChI=1S/C22H21FN2O4S/c1-30(28,29)24-12-19-22(20(14-26)25(19)21(27)13-24)17-9-7-15(8-10-17)5-6-16-3-2-4-18(23)11-16/h2-4,7-11,19-20,22,26H,12-14H2,1H3/t19-,20+,22+/m1/s1. The summed E-state index contributed by atoms with van der Waals surface area (Å²) in [5, 5.41) is 9.81. The summed E-state index contributed by atoms with van der Waals surface area (Å²) in [5.41, 5.74) is 2.24. The van der Waals surface area contributed by atoms with Gasteiger partial charge in [-0.05, 0) is 35.9 Å². The quantitative estimate of drug-likeness (QED) is 0.745. The molecular formula is C22H21FN2O4S. The van der Waals surface area contributed by atoms with E-state index in [1.54, 1.807) is 17.0 Å². The van der Waals surface area contributed by atoms with Crippen LogP contribution in [0.3, 0.4) is 0 Å². The third-order valence-electron chi connectivity index (χ3n) is 5.66. The van der Waals surface area contributed by atoms with Crippen molar-refractivity contribution in [2.75, 3.05) is 26.0 Å². The third-order valence-corrected chi connectivity index (χ3v) is 6.88. The van der Waals surface area contributed by atoms with Gasteiger partial charge >= 0.3 is 0 Å². The molecule has 6 nitrogen and oxygen atoms in total. The summed E-state index contributed by atoms with van der Waals surface area (Å²) < 4.78 is 38.3. The van der Waals surface area contributed by atoms with Gasteiger partial charge in [0.05, 0.1) is 31.5 Å². The molecule has 2 fully saturated rings. The molecule has 0 aliphatic carbocycles. The molecule has 1 N–H and O–H groups in total. The van der Waals surface area contributed by atoms with Crippen molar-refractivity contribution in [2.45, 2.75) is 18.0 Å². The Labute approximate surface area is 175 Å². The molecule has 156 valence electrons. The van der Waals surface area contributed by atoms with Crippen molar-refractivity contribution in [1.29, 1.82) is 0 Å². The van der Waals surface area contributed by atoms with Gasteiger partial charge in [0.15, 0.2) is 0 Å². The molecule has 2 aromatic rings. The van der Waals surface area contributed by atoms with Gasteiger partial charge in [-0.15, -0.1) is 0 Å². The number of aliphatic hydroxyl groups excluding tert-OH is 1. The highest BCUT2D eigenvalue weighted by atomic mass is 32.2. The Morgan fingerprint density at radius 2 is 1.83 bits per heavy atom. The molecule has 0 bridgehead atoms. The van der Waals surface area contributed by atoms with Crippen LogP contribution < -0.4 is 0 Å². The van der Waals surface area contributed by atoms with E-state index in [0.29, 0.717) is 5.56 Å². The van der Waals surface area contributed by atoms with Crippen LogP contribution in [0.1, 0.15) is 22.6 Å². The summed E-state index contributed by atoms with van der Waals surface area (Å²) in [6.45, 7) is -0.160. The van der Waals surface area contributed by atoms with E-state index < -0.39 is 10.0 Å². The van der Waals surface area contributed by atoms with E-state index in [2.05, 4.69) is 11.8 Å². The van der Waals surface area contributed by atoms with Crippen molar-refractivity contribution in [3.63, 3.8) is 0 Å². The first kappa shape index (κ1) is 20.5. The highest BCUT2D eigenvalue weighted by molar-refractivity contribution is 7.88. The van der Waals surface area contributed by atoms with Crippen LogP contribution in [0.2, 0.25) is 0 Å². The number of nitrogens with zero attached hydrogens (tertiary/aromatic N) is 2. The number of carbonyl (C=O) groups is 1. The lowest BCUT2D eigenvalue weighted by Crippen LogP contribution is -2.73. The fourth-order valence-corrected chi connectivity index (χ4v) is 4.99. The molecule has 0 spiro atoms. The first-order valence-electron chi connectivity index (χ1n) is 9.52. The minimum atomic E-state index is -3.48. The van der Waals surface area contributed by atoms with Crippen molar-refractivity contribution < 1.29 is 22.7 Å². The average molecular weight is 428 g/mol. The summed E-state index contributed by atoms with van der Waals surface area (Å²) in [7, 11) is -3.48. The number of rotatable bonds is 3. The van der Waals surface area contributed by atoms with Gasteiger partial charge in [-0.25, -0.2) is 12.8 Å². The number of halogens is 1. The molecule has 2 saturated heterocycles. The fourth-order valence-electron chi connectivity index (χ4n) is 4.22. The van der Waals surface area contributed by atoms with Gasteiger partial charge in [0.25, 0.3) is 0 Å². The predicted molar refractivity (Wildman–Crippen MR) is 109 cm³/mol. The lowest BCUT2D eigenvalue weighted by molar-refractivity contribution is -0.158. The van der Waals surface area contributed by atoms with Gasteiger partial charge in [0.2, 0.25) is 15.9 Å². The number of hydrogen-bond donors (Lipinski definition) is 1. The molecule has 2 aliphatic heterocycles. The van der Waals surface area contributed by atoms with E-state index in [1.807, 2.05) is 24.3 Å². The highest BCUT2D eigenvalue weighted by Gasteiger charge is 2.54. The lowest BCUT2D eigenvalue weighted by atomic mass is 9.74. The number of amides is 1. The predicted octanol–water partition coefficient (Wildman–Crippen LogP) is 1.16. The summed E-state index contributed by atoms with van der Waals surface area (Å²) in [6.07, 6.45) is 1.10. The molecule has 8 heteroatoms. The lowest BCUT2D eigenvalue weighted by Gasteiger charge is -2.58. The number of fused-ring (bicyclic) bond motifs is 1. The summed E-state index contributed by atoms with van der Waals surface area (Å²) in [4.78, 5) is 14.0. The first-order chi connectivity index (χ1) is 14.3. The van der Waals surface area contributed by atoms with E-state index in [1.165, 1.54) is 16.4 Å². The Bertz CT molecular complexity index is 1140. The molecule has 0 saturated carbocycles. The fraction of sp³-hybridized carbons (Fsp3) is 0.318. The summed E-state index contributed by atoms with van der Waals surface area (Å²) in [5.74, 6) is 5.12. The molecular weight excluding hydrogens is 407 g/mol. The Balaban J connectivity index is 1.55. The maximum absolute atomic E-state index is 13.3. The summed E-state index contributed by atoms with van der Waals surface area (Å²) in [6, 6.07) is 12.8. The second-order valence-electron chi connectivity index (χ2n) is 7.58. The number of benzene rings is 2. The van der Waals surface area contributed by atoms with E-state index in [0.717, 1.165) is 17.4 Å². The number of hydrogen-bond acceptors (Lipinski definition) is 4. The zero-order valence-electron chi connectivity index (χ0n) is 16.3. The second kappa shape index (κ2) is 7.84. The van der Waals surface area contributed by atoms with Gasteiger partial charge in [0.1, 0.15) is 5.82 Å². The zero-order valence-corrected chi connectivity index (χ0v) is 17.1. The van der Waals surface area contributed by atoms with E-state index in [-0.39, 0.29) is 49.4 Å². The first-order valence-corrected chi connectivity index (χ1v) is 11.4. The smallest absolute Gasteiger partial charge is 0.238 e. The van der Waals surface area contributed by atoms with Crippen LogP contribution in [0.5, 0.6) is 0 Å². The molecule has 2 aliphatic rings. The molecule has 0 unspecified atom stereocenters. The maximum atomic E-state index is 13.3. The normalized spacial score (nSPS) is 23.9. The third kappa shape index (κ3) is 3.84. The van der Waals surface area contributed by atoms with Gasteiger partial charge in [0, 0.05) is 23.6 Å². The molecule has 30 heavy (non-hydrogen) atoms. The zero-order chi connectivity index (χ0) is 21.5. The van der Waals surface area contributed by atoms with Crippen LogP contribution in [0.25, 0.3) is 0 Å². The van der Waals surface area contributed by atoms with Gasteiger partial charge < -0.3 is 10.0 Å². The Morgan fingerprint density at radius 1 is 1.13 bits per heavy atom. The molecule has 3 atom stereocenters. The van der Waals surface area contributed by atoms with Crippen LogP contribution in [-0.2, 0) is 14.8 Å². The van der Waals surface area contributed by atoms with Gasteiger partial charge in [-0.1, -0.05) is 30.0 Å². The molecule has 2 heterocycles. The van der Waals surface area contributed by atoms with Crippen LogP contribution in [0.4, 0.5) is 4.39 Å². The minimum Gasteiger partial charge on any atom is -0.394 e. The van der Waals surface area contributed by atoms with Crippen molar-refractivity contribution in [3.8, 4) is 11.8 Å². The van der Waals surface area contributed by atoms with Gasteiger partial charge in [-0.3, -0.25) is 4.79 Å². The van der Waals surface area contributed by atoms with Crippen molar-refractivity contribution in [3.05, 3.63) is 71.0 Å². The summed E-state index contributed by atoms with van der Waals surface area (Å²) >= 11 is 0. The van der Waals surface area contributed by atoms with Gasteiger partial charge in [-0.2, -0.15) is 4.31 Å². The van der Waals surface area contributed by atoms with Crippen LogP contribution in [-0.4, -0.2) is 66.7 Å². The Hall–Kier alpha value is -2.73. The molecule has 1 amide bonds. The molecule has 2 aromatic carbocycles. The van der Waals surface area contributed by atoms with Crippen LogP contribution in [0.15, 0.2) is 48.5 Å². The Kier molecular flexibility index (Phi) is 5.36. The van der Waals surface area contributed by atoms with E-state index in [9.17, 15) is 22.7 Å². The van der Waals surface area contributed by atoms with Crippen molar-refractivity contribution in [1.82, 2.24) is 9.21 Å². The number of sulfonamides is 1. The van der Waals surface area contributed by atoms with Crippen LogP contribution >= 0.6 is 0 Å². The maximum Gasteiger partial charge on any atom is 0.238 e. The number of carbonyl (C=O) groups excluding carboxylic acids is 1. The van der Waals surface area contributed by atoms with E-state index >= 15 is 0 Å². The topological polar surface area (TPSA) is 77.9 Å². The molecule has 0 aromatic heterocycles. The number of aliphatic hydroxyl groups is 1. The average Bonchev–Trinajstić information content (AvgIpc) is 2.68. The Morgan fingerprint density at radius 3 is 2.47 bits per heavy atom. The SMILES string of the molecule is CS(=O)(=O)N1CC(=O)N2[C@H](C1)[C@H](c1ccc(C#Cc3cccc(F)c3)cc1)[C@@H]2CO. The van der Waals surface area contributed by atoms with Crippen molar-refractivity contribution in [2.24, 2.45) is 0 Å². The van der Waals surface area contributed by atoms with E-state index in [4.69, 9.17) is 0 Å². The molecule has 0 radical (unpaired) electrons. The van der Waals surface area contributed by atoms with Crippen LogP contribution in [0, 0.1) is 17.7 Å².